The molecule has 28 heavy (non-hydrogen) atoms. The topological polar surface area (TPSA) is 107 Å². The van der Waals surface area contributed by atoms with Crippen LogP contribution in [0.2, 0.25) is 0 Å². The van der Waals surface area contributed by atoms with Crippen molar-refractivity contribution in [2.45, 2.75) is 31.8 Å². The number of carbonyl (C=O) groups is 3. The minimum Gasteiger partial charge on any atom is -0.449 e. The van der Waals surface area contributed by atoms with Crippen molar-refractivity contribution >= 4 is 33.2 Å². The van der Waals surface area contributed by atoms with Crippen molar-refractivity contribution in [3.63, 3.8) is 0 Å². The van der Waals surface area contributed by atoms with E-state index in [4.69, 9.17) is 4.74 Å². The van der Waals surface area contributed by atoms with Gasteiger partial charge in [0.15, 0.2) is 21.7 Å². The Kier molecular flexibility index (Phi) is 6.69. The molecule has 0 unspecified atom stereocenters. The van der Waals surface area contributed by atoms with E-state index < -0.39 is 27.8 Å². The highest BCUT2D eigenvalue weighted by Gasteiger charge is 2.25. The first-order chi connectivity index (χ1) is 13.2. The predicted molar refractivity (Wildman–Crippen MR) is 104 cm³/mol. The molecule has 8 heteroatoms. The molecule has 2 aromatic rings. The Hall–Kier alpha value is -3.00. The quantitative estimate of drug-likeness (QED) is 0.563. The van der Waals surface area contributed by atoms with Gasteiger partial charge >= 0.3 is 5.97 Å². The molecule has 1 N–H and O–H groups in total. The molecule has 0 radical (unpaired) electrons. The second kappa shape index (κ2) is 8.79. The third kappa shape index (κ3) is 5.04. The van der Waals surface area contributed by atoms with E-state index in [1.54, 1.807) is 18.2 Å². The summed E-state index contributed by atoms with van der Waals surface area (Å²) in [4.78, 5) is 36.0. The fraction of sp³-hybridized carbons (Fsp3) is 0.250. The molecule has 1 atom stereocenters. The molecule has 0 aliphatic rings. The van der Waals surface area contributed by atoms with Gasteiger partial charge in [-0.25, -0.2) is 13.2 Å². The van der Waals surface area contributed by atoms with Crippen molar-refractivity contribution < 1.29 is 27.5 Å². The van der Waals surface area contributed by atoms with Gasteiger partial charge in [0.1, 0.15) is 0 Å². The number of esters is 1. The number of sulfone groups is 1. The number of nitrogens with one attached hydrogen (secondary N) is 1. The third-order valence-corrected chi connectivity index (χ3v) is 5.80. The highest BCUT2D eigenvalue weighted by molar-refractivity contribution is 7.91. The van der Waals surface area contributed by atoms with Gasteiger partial charge in [-0.05, 0) is 38.1 Å². The fourth-order valence-electron chi connectivity index (χ4n) is 2.40. The summed E-state index contributed by atoms with van der Waals surface area (Å²) in [6, 6.07) is 12.0. The van der Waals surface area contributed by atoms with Gasteiger partial charge in [0.25, 0.3) is 5.91 Å². The second-order valence-electron chi connectivity index (χ2n) is 6.07. The van der Waals surface area contributed by atoms with Crippen LogP contribution in [-0.2, 0) is 19.4 Å². The van der Waals surface area contributed by atoms with Crippen molar-refractivity contribution in [3.8, 4) is 0 Å². The molecule has 7 nitrogen and oxygen atoms in total. The SMILES string of the molecule is CCS(=O)(=O)c1ccccc1C(=O)O[C@@H](C)C(=O)Nc1cccc(C(C)=O)c1. The number of anilines is 1. The zero-order chi connectivity index (χ0) is 20.9. The molecule has 148 valence electrons. The van der Waals surface area contributed by atoms with Crippen LogP contribution in [-0.4, -0.2) is 37.9 Å². The van der Waals surface area contributed by atoms with Crippen molar-refractivity contribution in [1.82, 2.24) is 0 Å². The average Bonchev–Trinajstić information content (AvgIpc) is 2.68. The zero-order valence-corrected chi connectivity index (χ0v) is 16.6. The van der Waals surface area contributed by atoms with Crippen LogP contribution in [0.25, 0.3) is 0 Å². The Bertz CT molecular complexity index is 1010. The third-order valence-electron chi connectivity index (χ3n) is 4.01. The first-order valence-electron chi connectivity index (χ1n) is 8.60. The molecule has 1 amide bonds. The summed E-state index contributed by atoms with van der Waals surface area (Å²) in [5, 5.41) is 2.56. The minimum absolute atomic E-state index is 0.123. The summed E-state index contributed by atoms with van der Waals surface area (Å²) in [5.41, 5.74) is 0.693. The summed E-state index contributed by atoms with van der Waals surface area (Å²) in [6.45, 7) is 4.26. The average molecular weight is 403 g/mol. The number of ether oxygens (including phenoxy) is 1. The van der Waals surface area contributed by atoms with Gasteiger partial charge in [-0.15, -0.1) is 0 Å². The molecule has 0 bridgehead atoms. The van der Waals surface area contributed by atoms with E-state index in [2.05, 4.69) is 5.32 Å². The lowest BCUT2D eigenvalue weighted by molar-refractivity contribution is -0.123. The number of rotatable bonds is 7. The predicted octanol–water partition coefficient (Wildman–Crippen LogP) is 2.87. The maximum Gasteiger partial charge on any atom is 0.340 e. The van der Waals surface area contributed by atoms with Crippen LogP contribution < -0.4 is 5.32 Å². The standard InChI is InChI=1S/C20H21NO6S/c1-4-28(25,26)18-11-6-5-10-17(18)20(24)27-14(3)19(23)21-16-9-7-8-15(12-16)13(2)22/h5-12,14H,4H2,1-3H3,(H,21,23)/t14-/m0/s1. The molecule has 2 aromatic carbocycles. The first kappa shape index (κ1) is 21.3. The van der Waals surface area contributed by atoms with E-state index in [0.717, 1.165) is 0 Å². The van der Waals surface area contributed by atoms with Gasteiger partial charge < -0.3 is 10.1 Å². The van der Waals surface area contributed by atoms with E-state index in [0.29, 0.717) is 11.3 Å². The van der Waals surface area contributed by atoms with E-state index in [1.807, 2.05) is 0 Å². The van der Waals surface area contributed by atoms with Crippen LogP contribution in [0.3, 0.4) is 0 Å². The number of Topliss-reactive ketones (excluding diaryl/α,β-unsaturated/α-hetero) is 1. The van der Waals surface area contributed by atoms with E-state index in [9.17, 15) is 22.8 Å². The summed E-state index contributed by atoms with van der Waals surface area (Å²) in [5.74, 6) is -1.83. The van der Waals surface area contributed by atoms with E-state index >= 15 is 0 Å². The van der Waals surface area contributed by atoms with Crippen LogP contribution in [0.4, 0.5) is 5.69 Å². The number of hydrogen-bond acceptors (Lipinski definition) is 6. The molecule has 2 rings (SSSR count). The molecule has 0 aliphatic heterocycles. The van der Waals surface area contributed by atoms with Crippen LogP contribution in [0.5, 0.6) is 0 Å². The van der Waals surface area contributed by atoms with Gasteiger partial charge in [0.05, 0.1) is 16.2 Å². The number of carbonyl (C=O) groups excluding carboxylic acids is 3. The number of benzene rings is 2. The zero-order valence-electron chi connectivity index (χ0n) is 15.8. The Morgan fingerprint density at radius 3 is 2.39 bits per heavy atom. The lowest BCUT2D eigenvalue weighted by Gasteiger charge is -2.15. The van der Waals surface area contributed by atoms with Crippen molar-refractivity contribution in [1.29, 1.82) is 0 Å². The maximum atomic E-state index is 12.4. The fourth-order valence-corrected chi connectivity index (χ4v) is 3.48. The van der Waals surface area contributed by atoms with E-state index in [-0.39, 0.29) is 22.0 Å². The Labute approximate surface area is 163 Å². The van der Waals surface area contributed by atoms with Crippen molar-refractivity contribution in [2.24, 2.45) is 0 Å². The van der Waals surface area contributed by atoms with Crippen molar-refractivity contribution in [2.75, 3.05) is 11.1 Å². The smallest absolute Gasteiger partial charge is 0.340 e. The Morgan fingerprint density at radius 1 is 1.07 bits per heavy atom. The first-order valence-corrected chi connectivity index (χ1v) is 10.3. The van der Waals surface area contributed by atoms with Crippen LogP contribution in [0.1, 0.15) is 41.5 Å². The molecular formula is C20H21NO6S. The van der Waals surface area contributed by atoms with E-state index in [1.165, 1.54) is 51.1 Å². The molecule has 0 saturated heterocycles. The Balaban J connectivity index is 2.14. The monoisotopic (exact) mass is 403 g/mol. The highest BCUT2D eigenvalue weighted by atomic mass is 32.2. The molecular weight excluding hydrogens is 382 g/mol. The van der Waals surface area contributed by atoms with Gasteiger partial charge in [-0.3, -0.25) is 9.59 Å². The van der Waals surface area contributed by atoms with Crippen molar-refractivity contribution in [3.05, 3.63) is 59.7 Å². The summed E-state index contributed by atoms with van der Waals surface area (Å²) in [6.07, 6.45) is -1.18. The summed E-state index contributed by atoms with van der Waals surface area (Å²) < 4.78 is 29.5. The van der Waals surface area contributed by atoms with Gasteiger partial charge in [0, 0.05) is 11.3 Å². The number of ketones is 1. The summed E-state index contributed by atoms with van der Waals surface area (Å²) in [7, 11) is -3.62. The molecule has 0 saturated carbocycles. The molecule has 0 heterocycles. The van der Waals surface area contributed by atoms with Gasteiger partial charge in [-0.1, -0.05) is 31.2 Å². The largest absolute Gasteiger partial charge is 0.449 e. The minimum atomic E-state index is -3.62. The van der Waals surface area contributed by atoms with Crippen LogP contribution in [0.15, 0.2) is 53.4 Å². The normalized spacial score (nSPS) is 12.1. The highest BCUT2D eigenvalue weighted by Crippen LogP contribution is 2.19. The Morgan fingerprint density at radius 2 is 1.75 bits per heavy atom. The number of amides is 1. The lowest BCUT2D eigenvalue weighted by Crippen LogP contribution is -2.30. The number of hydrogen-bond donors (Lipinski definition) is 1. The molecule has 0 aliphatic carbocycles. The molecule has 0 fully saturated rings. The molecule has 0 aromatic heterocycles. The second-order valence-corrected chi connectivity index (χ2v) is 8.32. The van der Waals surface area contributed by atoms with Gasteiger partial charge in [0.2, 0.25) is 0 Å². The van der Waals surface area contributed by atoms with Crippen LogP contribution in [0, 0.1) is 0 Å². The summed E-state index contributed by atoms with van der Waals surface area (Å²) >= 11 is 0. The molecule has 0 spiro atoms. The lowest BCUT2D eigenvalue weighted by atomic mass is 10.1. The van der Waals surface area contributed by atoms with Gasteiger partial charge in [-0.2, -0.15) is 0 Å². The van der Waals surface area contributed by atoms with Crippen LogP contribution >= 0.6 is 0 Å². The maximum absolute atomic E-state index is 12.4.